The molecule has 0 unspecified atom stereocenters. The van der Waals surface area contributed by atoms with Gasteiger partial charge in [-0.3, -0.25) is 19.4 Å². The van der Waals surface area contributed by atoms with Crippen molar-refractivity contribution in [2.45, 2.75) is 44.6 Å². The summed E-state index contributed by atoms with van der Waals surface area (Å²) in [5, 5.41) is 20.3. The molecular formula is C21H23FN6O6. The Hall–Kier alpha value is -4.29. The van der Waals surface area contributed by atoms with E-state index in [1.807, 2.05) is 0 Å². The number of amides is 1. The van der Waals surface area contributed by atoms with Crippen LogP contribution in [0.25, 0.3) is 11.0 Å². The molecule has 0 saturated carbocycles. The molecule has 34 heavy (non-hydrogen) atoms. The summed E-state index contributed by atoms with van der Waals surface area (Å²) in [5.74, 6) is -4.56. The van der Waals surface area contributed by atoms with Crippen LogP contribution in [0, 0.1) is 5.82 Å². The van der Waals surface area contributed by atoms with Gasteiger partial charge in [-0.25, -0.2) is 14.2 Å². The highest BCUT2D eigenvalue weighted by atomic mass is 19.1. The predicted octanol–water partition coefficient (Wildman–Crippen LogP) is 0.981. The van der Waals surface area contributed by atoms with Gasteiger partial charge >= 0.3 is 11.9 Å². The number of H-pyrrole nitrogens is 2. The van der Waals surface area contributed by atoms with Gasteiger partial charge in [-0.2, -0.15) is 4.98 Å². The number of carbonyl (C=O) groups excluding carboxylic acids is 1. The van der Waals surface area contributed by atoms with Crippen LogP contribution in [0.15, 0.2) is 23.1 Å². The molecule has 0 bridgehead atoms. The highest BCUT2D eigenvalue weighted by Gasteiger charge is 2.24. The van der Waals surface area contributed by atoms with E-state index in [1.165, 1.54) is 6.20 Å². The van der Waals surface area contributed by atoms with E-state index in [9.17, 15) is 23.6 Å². The minimum absolute atomic E-state index is 0.0243. The summed E-state index contributed by atoms with van der Waals surface area (Å²) in [6, 6.07) is 1.39. The lowest BCUT2D eigenvalue weighted by Gasteiger charge is -2.13. The van der Waals surface area contributed by atoms with Crippen molar-refractivity contribution in [1.29, 1.82) is 0 Å². The number of hydrogen-bond acceptors (Lipinski definition) is 7. The number of nitrogens with two attached hydrogens (primary N) is 1. The zero-order valence-corrected chi connectivity index (χ0v) is 17.9. The van der Waals surface area contributed by atoms with E-state index in [-0.39, 0.29) is 17.9 Å². The lowest BCUT2D eigenvalue weighted by atomic mass is 10.1. The summed E-state index contributed by atoms with van der Waals surface area (Å²) in [4.78, 5) is 59.2. The number of halogens is 1. The van der Waals surface area contributed by atoms with E-state index in [1.54, 1.807) is 6.07 Å². The van der Waals surface area contributed by atoms with Gasteiger partial charge in [0.05, 0.1) is 5.39 Å². The molecule has 180 valence electrons. The topological polar surface area (TPSA) is 204 Å². The molecule has 3 aromatic heterocycles. The summed E-state index contributed by atoms with van der Waals surface area (Å²) in [5.41, 5.74) is 6.40. The normalized spacial score (nSPS) is 11.9. The number of rotatable bonds is 11. The molecule has 0 aliphatic carbocycles. The van der Waals surface area contributed by atoms with Gasteiger partial charge in [-0.15, -0.1) is 0 Å². The Morgan fingerprint density at radius 1 is 1.15 bits per heavy atom. The summed E-state index contributed by atoms with van der Waals surface area (Å²) < 4.78 is 14.4. The van der Waals surface area contributed by atoms with E-state index in [0.717, 1.165) is 11.8 Å². The van der Waals surface area contributed by atoms with Gasteiger partial charge in [-0.1, -0.05) is 0 Å². The van der Waals surface area contributed by atoms with Crippen molar-refractivity contribution in [3.8, 4) is 0 Å². The number of hydrogen-bond donors (Lipinski definition) is 6. The van der Waals surface area contributed by atoms with Crippen LogP contribution in [0.1, 0.15) is 47.4 Å². The lowest BCUT2D eigenvalue weighted by Crippen LogP contribution is -2.41. The molecular weight excluding hydrogens is 451 g/mol. The second-order valence-electron chi connectivity index (χ2n) is 7.69. The number of anilines is 1. The van der Waals surface area contributed by atoms with Crippen molar-refractivity contribution >= 4 is 34.8 Å². The molecule has 0 saturated heterocycles. The zero-order valence-electron chi connectivity index (χ0n) is 17.9. The van der Waals surface area contributed by atoms with Crippen molar-refractivity contribution in [2.24, 2.45) is 0 Å². The number of nitrogens with one attached hydrogen (secondary N) is 3. The van der Waals surface area contributed by atoms with Crippen LogP contribution < -0.4 is 16.6 Å². The number of aryl methyl sites for hydroxylation is 2. The van der Waals surface area contributed by atoms with Crippen LogP contribution >= 0.6 is 0 Å². The van der Waals surface area contributed by atoms with Crippen LogP contribution in [0.2, 0.25) is 0 Å². The van der Waals surface area contributed by atoms with E-state index >= 15 is 0 Å². The van der Waals surface area contributed by atoms with E-state index in [0.29, 0.717) is 42.3 Å². The Bertz CT molecular complexity index is 1290. The van der Waals surface area contributed by atoms with Gasteiger partial charge in [0.1, 0.15) is 11.7 Å². The highest BCUT2D eigenvalue weighted by molar-refractivity contribution is 5.95. The average Bonchev–Trinajstić information content (AvgIpc) is 3.17. The van der Waals surface area contributed by atoms with Gasteiger partial charge in [0.2, 0.25) is 5.95 Å². The Morgan fingerprint density at radius 3 is 2.56 bits per heavy atom. The lowest BCUT2D eigenvalue weighted by molar-refractivity contribution is -0.140. The summed E-state index contributed by atoms with van der Waals surface area (Å²) >= 11 is 0. The largest absolute Gasteiger partial charge is 0.481 e. The minimum Gasteiger partial charge on any atom is -0.481 e. The maximum atomic E-state index is 14.4. The Balaban J connectivity index is 1.54. The van der Waals surface area contributed by atoms with E-state index < -0.39 is 41.8 Å². The summed E-state index contributed by atoms with van der Waals surface area (Å²) in [7, 11) is 0. The van der Waals surface area contributed by atoms with Crippen molar-refractivity contribution in [2.75, 3.05) is 5.73 Å². The van der Waals surface area contributed by atoms with Gasteiger partial charge in [0.25, 0.3) is 11.5 Å². The molecule has 1 atom stereocenters. The second-order valence-corrected chi connectivity index (χ2v) is 7.69. The second kappa shape index (κ2) is 10.6. The molecule has 7 N–H and O–H groups in total. The standard InChI is InChI=1S/C21H23FN6O6/c22-13-7-10(9-24-16(13)19(32)26-14(20(33)34)5-6-15(29)30)3-1-2-4-11-8-12-17(25-11)27-21(23)28-18(12)31/h7-9,14H,1-6H2,(H,26,32)(H,29,30)(H,33,34)(H4,23,25,27,28,31)/t14-/m0/s1. The molecule has 0 aliphatic heterocycles. The fourth-order valence-electron chi connectivity index (χ4n) is 3.40. The number of carbonyl (C=O) groups is 3. The Morgan fingerprint density at radius 2 is 1.88 bits per heavy atom. The monoisotopic (exact) mass is 474 g/mol. The summed E-state index contributed by atoms with van der Waals surface area (Å²) in [6.07, 6.45) is 3.02. The molecule has 0 fully saturated rings. The number of nitrogen functional groups attached to an aromatic ring is 1. The number of fused-ring (bicyclic) bond motifs is 1. The predicted molar refractivity (Wildman–Crippen MR) is 118 cm³/mol. The molecule has 3 heterocycles. The number of aliphatic carboxylic acids is 2. The molecule has 3 aromatic rings. The van der Waals surface area contributed by atoms with E-state index in [4.69, 9.17) is 15.9 Å². The maximum absolute atomic E-state index is 14.4. The number of carboxylic acids is 2. The molecule has 0 radical (unpaired) electrons. The smallest absolute Gasteiger partial charge is 0.326 e. The quantitative estimate of drug-likeness (QED) is 0.219. The van der Waals surface area contributed by atoms with E-state index in [2.05, 4.69) is 25.3 Å². The van der Waals surface area contributed by atoms with Crippen LogP contribution in [0.4, 0.5) is 10.3 Å². The third-order valence-corrected chi connectivity index (χ3v) is 5.10. The number of unbranched alkanes of at least 4 members (excludes halogenated alkanes) is 1. The number of nitrogens with zero attached hydrogens (tertiary/aromatic N) is 2. The van der Waals surface area contributed by atoms with Crippen LogP contribution in [-0.2, 0) is 22.4 Å². The third kappa shape index (κ3) is 6.15. The number of aromatic amines is 2. The van der Waals surface area contributed by atoms with Crippen molar-refractivity contribution in [3.05, 3.63) is 51.5 Å². The van der Waals surface area contributed by atoms with Gasteiger partial charge in [0, 0.05) is 18.3 Å². The Kier molecular flexibility index (Phi) is 7.56. The first kappa shape index (κ1) is 24.4. The molecule has 1 amide bonds. The van der Waals surface area contributed by atoms with Gasteiger partial charge < -0.3 is 26.2 Å². The minimum atomic E-state index is -1.48. The SMILES string of the molecule is Nc1nc2[nH]c(CCCCc3cnc(C(=O)N[C@@H](CCC(=O)O)C(=O)O)c(F)c3)cc2c(=O)[nH]1. The molecule has 0 aliphatic rings. The fraction of sp³-hybridized carbons (Fsp3) is 0.333. The van der Waals surface area contributed by atoms with Crippen LogP contribution in [0.3, 0.4) is 0 Å². The first-order valence-electron chi connectivity index (χ1n) is 10.4. The molecule has 13 heteroatoms. The fourth-order valence-corrected chi connectivity index (χ4v) is 3.40. The first-order chi connectivity index (χ1) is 16.1. The van der Waals surface area contributed by atoms with Gasteiger partial charge in [0.15, 0.2) is 11.5 Å². The Labute approximate surface area is 191 Å². The van der Waals surface area contributed by atoms with Crippen LogP contribution in [-0.4, -0.2) is 54.0 Å². The number of carboxylic acid groups (broad SMARTS) is 2. The van der Waals surface area contributed by atoms with Crippen molar-refractivity contribution in [1.82, 2.24) is 25.3 Å². The zero-order chi connectivity index (χ0) is 24.8. The average molecular weight is 474 g/mol. The van der Waals surface area contributed by atoms with Gasteiger partial charge in [-0.05, 0) is 49.8 Å². The van der Waals surface area contributed by atoms with Crippen molar-refractivity contribution in [3.63, 3.8) is 0 Å². The molecule has 0 aromatic carbocycles. The number of pyridine rings is 1. The number of aromatic nitrogens is 4. The summed E-state index contributed by atoms with van der Waals surface area (Å²) in [6.45, 7) is 0. The molecule has 0 spiro atoms. The first-order valence-corrected chi connectivity index (χ1v) is 10.4. The molecule has 3 rings (SSSR count). The highest BCUT2D eigenvalue weighted by Crippen LogP contribution is 2.15. The van der Waals surface area contributed by atoms with Crippen molar-refractivity contribution < 1.29 is 29.0 Å². The third-order valence-electron chi connectivity index (χ3n) is 5.10. The molecule has 12 nitrogen and oxygen atoms in total. The van der Waals surface area contributed by atoms with Crippen LogP contribution in [0.5, 0.6) is 0 Å². The maximum Gasteiger partial charge on any atom is 0.326 e.